The third-order valence-electron chi connectivity index (χ3n) is 2.95. The third-order valence-corrected chi connectivity index (χ3v) is 3.78. The Kier molecular flexibility index (Phi) is 4.17. The first kappa shape index (κ1) is 13.6. The van der Waals surface area contributed by atoms with E-state index in [1.54, 1.807) is 11.8 Å². The number of hydrogen-bond donors (Lipinski definition) is 0. The van der Waals surface area contributed by atoms with E-state index in [1.807, 2.05) is 71.4 Å². The van der Waals surface area contributed by atoms with Gasteiger partial charge in [-0.2, -0.15) is 0 Å². The fourth-order valence-electron chi connectivity index (χ4n) is 2.01. The van der Waals surface area contributed by atoms with Crippen molar-refractivity contribution in [2.45, 2.75) is 5.16 Å². The molecule has 0 aliphatic carbocycles. The van der Waals surface area contributed by atoms with E-state index in [0.717, 1.165) is 28.0 Å². The van der Waals surface area contributed by atoms with E-state index in [-0.39, 0.29) is 0 Å². The molecule has 3 aromatic rings. The van der Waals surface area contributed by atoms with Crippen LogP contribution in [0.1, 0.15) is 0 Å². The number of para-hydroxylation sites is 1. The molecule has 104 valence electrons. The molecule has 2 aromatic carbocycles. The summed E-state index contributed by atoms with van der Waals surface area (Å²) in [5.74, 6) is 1.65. The second-order valence-corrected chi connectivity index (χ2v) is 5.42. The lowest BCUT2D eigenvalue weighted by molar-refractivity contribution is 0.839. The van der Waals surface area contributed by atoms with Crippen LogP contribution in [0.5, 0.6) is 0 Å². The Morgan fingerprint density at radius 3 is 2.33 bits per heavy atom. The summed E-state index contributed by atoms with van der Waals surface area (Å²) in [6.07, 6.45) is 1.86. The number of nitrogens with zero attached hydrogens (tertiary/aromatic N) is 3. The number of benzene rings is 2. The minimum Gasteiger partial charge on any atom is -0.212 e. The maximum absolute atomic E-state index is 4.66. The van der Waals surface area contributed by atoms with Gasteiger partial charge >= 0.3 is 0 Å². The van der Waals surface area contributed by atoms with Gasteiger partial charge in [0, 0.05) is 11.3 Å². The molecule has 0 fully saturated rings. The molecule has 0 unspecified atom stereocenters. The summed E-state index contributed by atoms with van der Waals surface area (Å²) >= 11 is 1.58. The third kappa shape index (κ3) is 3.06. The standard InChI is InChI=1S/C17H15N3S/c1-2-13-21-17-18-16(14-9-5-3-6-10-14)20(19-17)15-11-7-4-8-12-15/h2-12H,1,13H2. The van der Waals surface area contributed by atoms with Crippen molar-refractivity contribution in [2.75, 3.05) is 5.75 Å². The van der Waals surface area contributed by atoms with Crippen molar-refractivity contribution in [1.82, 2.24) is 14.8 Å². The highest BCUT2D eigenvalue weighted by molar-refractivity contribution is 7.99. The molecular formula is C17H15N3S. The molecule has 21 heavy (non-hydrogen) atoms. The maximum atomic E-state index is 4.66. The first-order valence-electron chi connectivity index (χ1n) is 6.70. The largest absolute Gasteiger partial charge is 0.212 e. The molecule has 1 aromatic heterocycles. The molecule has 0 spiro atoms. The average molecular weight is 293 g/mol. The van der Waals surface area contributed by atoms with Gasteiger partial charge in [0.1, 0.15) is 0 Å². The molecule has 0 bridgehead atoms. The van der Waals surface area contributed by atoms with Crippen molar-refractivity contribution in [3.05, 3.63) is 73.3 Å². The predicted octanol–water partition coefficient (Wildman–Crippen LogP) is 4.21. The van der Waals surface area contributed by atoms with E-state index in [9.17, 15) is 0 Å². The van der Waals surface area contributed by atoms with Gasteiger partial charge in [0.25, 0.3) is 0 Å². The van der Waals surface area contributed by atoms with E-state index < -0.39 is 0 Å². The Bertz CT molecular complexity index is 663. The molecule has 3 rings (SSSR count). The van der Waals surface area contributed by atoms with Crippen LogP contribution < -0.4 is 0 Å². The van der Waals surface area contributed by atoms with Crippen molar-refractivity contribution in [1.29, 1.82) is 0 Å². The van der Waals surface area contributed by atoms with Crippen LogP contribution in [0.3, 0.4) is 0 Å². The summed E-state index contributed by atoms with van der Waals surface area (Å²) in [7, 11) is 0. The highest BCUT2D eigenvalue weighted by Crippen LogP contribution is 2.24. The van der Waals surface area contributed by atoms with E-state index in [0.29, 0.717) is 0 Å². The Hall–Kier alpha value is -2.33. The molecule has 1 heterocycles. The van der Waals surface area contributed by atoms with Gasteiger partial charge in [-0.25, -0.2) is 9.67 Å². The molecule has 3 nitrogen and oxygen atoms in total. The molecule has 4 heteroatoms. The normalized spacial score (nSPS) is 10.5. The molecule has 0 saturated carbocycles. The zero-order chi connectivity index (χ0) is 14.5. The van der Waals surface area contributed by atoms with Crippen LogP contribution >= 0.6 is 11.8 Å². The summed E-state index contributed by atoms with van der Waals surface area (Å²) in [6, 6.07) is 20.2. The predicted molar refractivity (Wildman–Crippen MR) is 87.7 cm³/mol. The quantitative estimate of drug-likeness (QED) is 0.521. The summed E-state index contributed by atoms with van der Waals surface area (Å²) in [4.78, 5) is 4.66. The molecule has 0 amide bonds. The topological polar surface area (TPSA) is 30.7 Å². The lowest BCUT2D eigenvalue weighted by atomic mass is 10.2. The van der Waals surface area contributed by atoms with Gasteiger partial charge < -0.3 is 0 Å². The highest BCUT2D eigenvalue weighted by Gasteiger charge is 2.13. The van der Waals surface area contributed by atoms with Gasteiger partial charge in [-0.15, -0.1) is 11.7 Å². The van der Waals surface area contributed by atoms with E-state index in [1.165, 1.54) is 0 Å². The second kappa shape index (κ2) is 6.41. The zero-order valence-corrected chi connectivity index (χ0v) is 12.3. The van der Waals surface area contributed by atoms with Crippen molar-refractivity contribution >= 4 is 11.8 Å². The van der Waals surface area contributed by atoms with Gasteiger partial charge in [0.15, 0.2) is 5.82 Å². The fraction of sp³-hybridized carbons (Fsp3) is 0.0588. The van der Waals surface area contributed by atoms with Crippen LogP contribution in [0.15, 0.2) is 78.5 Å². The van der Waals surface area contributed by atoms with E-state index in [2.05, 4.69) is 16.7 Å². The molecule has 0 saturated heterocycles. The van der Waals surface area contributed by atoms with Crippen LogP contribution in [0.25, 0.3) is 17.1 Å². The van der Waals surface area contributed by atoms with Gasteiger partial charge in [0.05, 0.1) is 5.69 Å². The molecule has 0 aliphatic heterocycles. The number of aromatic nitrogens is 3. The van der Waals surface area contributed by atoms with E-state index in [4.69, 9.17) is 0 Å². The monoisotopic (exact) mass is 293 g/mol. The van der Waals surface area contributed by atoms with Crippen molar-refractivity contribution in [3.63, 3.8) is 0 Å². The van der Waals surface area contributed by atoms with Crippen molar-refractivity contribution in [2.24, 2.45) is 0 Å². The summed E-state index contributed by atoms with van der Waals surface area (Å²) in [6.45, 7) is 3.74. The summed E-state index contributed by atoms with van der Waals surface area (Å²) in [5, 5.41) is 5.38. The van der Waals surface area contributed by atoms with Gasteiger partial charge in [0.2, 0.25) is 5.16 Å². The van der Waals surface area contributed by atoms with Crippen LogP contribution in [-0.2, 0) is 0 Å². The van der Waals surface area contributed by atoms with Gasteiger partial charge in [-0.1, -0.05) is 66.4 Å². The lowest BCUT2D eigenvalue weighted by Crippen LogP contribution is -1.99. The molecular weight excluding hydrogens is 278 g/mol. The molecule has 0 N–H and O–H groups in total. The Labute approximate surface area is 128 Å². The Balaban J connectivity index is 2.08. The molecule has 0 radical (unpaired) electrons. The first-order valence-corrected chi connectivity index (χ1v) is 7.68. The number of thioether (sulfide) groups is 1. The zero-order valence-electron chi connectivity index (χ0n) is 11.5. The maximum Gasteiger partial charge on any atom is 0.209 e. The SMILES string of the molecule is C=CCSc1nc(-c2ccccc2)n(-c2ccccc2)n1. The summed E-state index contributed by atoms with van der Waals surface area (Å²) < 4.78 is 1.89. The minimum absolute atomic E-state index is 0.762. The van der Waals surface area contributed by atoms with Crippen LogP contribution in [-0.4, -0.2) is 20.5 Å². The number of hydrogen-bond acceptors (Lipinski definition) is 3. The van der Waals surface area contributed by atoms with Gasteiger partial charge in [-0.3, -0.25) is 0 Å². The first-order chi connectivity index (χ1) is 10.4. The van der Waals surface area contributed by atoms with E-state index >= 15 is 0 Å². The minimum atomic E-state index is 0.762. The Morgan fingerprint density at radius 1 is 1.00 bits per heavy atom. The van der Waals surface area contributed by atoms with Gasteiger partial charge in [-0.05, 0) is 12.1 Å². The number of rotatable bonds is 5. The smallest absolute Gasteiger partial charge is 0.209 e. The molecule has 0 aliphatic rings. The van der Waals surface area contributed by atoms with Crippen LogP contribution in [0.4, 0.5) is 0 Å². The summed E-state index contributed by atoms with van der Waals surface area (Å²) in [5.41, 5.74) is 2.06. The molecule has 0 atom stereocenters. The fourth-order valence-corrected chi connectivity index (χ4v) is 2.57. The highest BCUT2D eigenvalue weighted by atomic mass is 32.2. The van der Waals surface area contributed by atoms with Crippen molar-refractivity contribution < 1.29 is 0 Å². The Morgan fingerprint density at radius 2 is 1.67 bits per heavy atom. The van der Waals surface area contributed by atoms with Crippen LogP contribution in [0, 0.1) is 0 Å². The van der Waals surface area contributed by atoms with Crippen molar-refractivity contribution in [3.8, 4) is 17.1 Å². The second-order valence-electron chi connectivity index (χ2n) is 4.43. The van der Waals surface area contributed by atoms with Crippen LogP contribution in [0.2, 0.25) is 0 Å². The lowest BCUT2D eigenvalue weighted by Gasteiger charge is -2.05. The average Bonchev–Trinajstić information content (AvgIpc) is 2.99.